The van der Waals surface area contributed by atoms with Crippen molar-refractivity contribution < 1.29 is 4.74 Å². The van der Waals surface area contributed by atoms with Gasteiger partial charge >= 0.3 is 0 Å². The van der Waals surface area contributed by atoms with E-state index in [4.69, 9.17) is 4.74 Å². The molecule has 27 heavy (non-hydrogen) atoms. The van der Waals surface area contributed by atoms with Crippen molar-refractivity contribution in [2.75, 3.05) is 44.4 Å². The number of ether oxygens (including phenoxy) is 1. The van der Waals surface area contributed by atoms with Crippen LogP contribution in [0.2, 0.25) is 0 Å². The Morgan fingerprint density at radius 1 is 1.26 bits per heavy atom. The van der Waals surface area contributed by atoms with Crippen LogP contribution in [0.5, 0.6) is 5.75 Å². The number of methoxy groups -OCH3 is 1. The van der Waals surface area contributed by atoms with Gasteiger partial charge < -0.3 is 20.3 Å². The Hall–Kier alpha value is -2.34. The lowest BCUT2D eigenvalue weighted by Crippen LogP contribution is -2.19. The Labute approximate surface area is 162 Å². The number of aromatic nitrogens is 2. The molecule has 0 saturated carbocycles. The highest BCUT2D eigenvalue weighted by Crippen LogP contribution is 2.28. The third kappa shape index (κ3) is 5.10. The van der Waals surface area contributed by atoms with Gasteiger partial charge in [0.05, 0.1) is 7.11 Å². The zero-order valence-corrected chi connectivity index (χ0v) is 16.9. The van der Waals surface area contributed by atoms with E-state index in [0.29, 0.717) is 5.95 Å². The fraction of sp³-hybridized carbons (Fsp3) is 0.524. The molecule has 0 amide bonds. The first kappa shape index (κ1) is 19.4. The summed E-state index contributed by atoms with van der Waals surface area (Å²) in [5, 5.41) is 6.40. The lowest BCUT2D eigenvalue weighted by Gasteiger charge is -2.15. The molecule has 6 heteroatoms. The van der Waals surface area contributed by atoms with Crippen LogP contribution in [0.3, 0.4) is 0 Å². The molecule has 1 atom stereocenters. The maximum absolute atomic E-state index is 5.58. The number of hydrogen-bond donors (Lipinski definition) is 2. The van der Waals surface area contributed by atoms with Gasteiger partial charge in [-0.2, -0.15) is 4.98 Å². The first-order valence-electron chi connectivity index (χ1n) is 9.81. The van der Waals surface area contributed by atoms with Gasteiger partial charge in [-0.1, -0.05) is 6.92 Å². The van der Waals surface area contributed by atoms with Crippen LogP contribution in [-0.4, -0.2) is 48.7 Å². The van der Waals surface area contributed by atoms with E-state index in [9.17, 15) is 0 Å². The second-order valence-corrected chi connectivity index (χ2v) is 7.21. The van der Waals surface area contributed by atoms with Gasteiger partial charge in [0.25, 0.3) is 0 Å². The fourth-order valence-corrected chi connectivity index (χ4v) is 3.73. The van der Waals surface area contributed by atoms with Crippen LogP contribution in [-0.2, 0) is 6.42 Å². The molecule has 1 fully saturated rings. The monoisotopic (exact) mass is 369 g/mol. The largest absolute Gasteiger partial charge is 0.496 e. The maximum atomic E-state index is 5.58. The first-order chi connectivity index (χ1) is 13.1. The molecule has 1 aromatic carbocycles. The molecule has 2 N–H and O–H groups in total. The maximum Gasteiger partial charge on any atom is 0.229 e. The molecule has 6 nitrogen and oxygen atoms in total. The van der Waals surface area contributed by atoms with Crippen LogP contribution in [0.25, 0.3) is 0 Å². The molecule has 0 bridgehead atoms. The van der Waals surface area contributed by atoms with Crippen molar-refractivity contribution in [1.29, 1.82) is 0 Å². The van der Waals surface area contributed by atoms with Crippen molar-refractivity contribution in [3.05, 3.63) is 35.5 Å². The molecule has 2 aromatic rings. The second kappa shape index (κ2) is 9.04. The predicted molar refractivity (Wildman–Crippen MR) is 111 cm³/mol. The predicted octanol–water partition coefficient (Wildman–Crippen LogP) is 3.85. The van der Waals surface area contributed by atoms with Gasteiger partial charge in [0.2, 0.25) is 5.95 Å². The van der Waals surface area contributed by atoms with Crippen LogP contribution in [0.15, 0.2) is 24.3 Å². The Morgan fingerprint density at radius 3 is 2.81 bits per heavy atom. The summed E-state index contributed by atoms with van der Waals surface area (Å²) in [6.07, 6.45) is 3.52. The number of hydrogen-bond acceptors (Lipinski definition) is 6. The Kier molecular flexibility index (Phi) is 6.50. The number of anilines is 3. The molecule has 2 heterocycles. The third-order valence-corrected chi connectivity index (χ3v) is 5.29. The molecular formula is C21H31N5O. The quantitative estimate of drug-likeness (QED) is 0.737. The Balaban J connectivity index is 1.70. The zero-order valence-electron chi connectivity index (χ0n) is 16.9. The average molecular weight is 370 g/mol. The topological polar surface area (TPSA) is 62.3 Å². The molecule has 1 aliphatic rings. The summed E-state index contributed by atoms with van der Waals surface area (Å²) in [4.78, 5) is 11.5. The number of rotatable bonds is 8. The van der Waals surface area contributed by atoms with Gasteiger partial charge in [-0.05, 0) is 69.0 Å². The summed E-state index contributed by atoms with van der Waals surface area (Å²) < 4.78 is 5.58. The summed E-state index contributed by atoms with van der Waals surface area (Å²) in [7, 11) is 3.60. The van der Waals surface area contributed by atoms with Gasteiger partial charge in [0.1, 0.15) is 11.6 Å². The van der Waals surface area contributed by atoms with Crippen LogP contribution < -0.4 is 15.4 Å². The van der Waals surface area contributed by atoms with Crippen LogP contribution in [0.1, 0.15) is 31.0 Å². The SMILES string of the molecule is CCN1CCC(CCc2cc(Nc3nc(C)cc(NC)n3)ccc2OC)C1. The third-order valence-electron chi connectivity index (χ3n) is 5.29. The van der Waals surface area contributed by atoms with Gasteiger partial charge in [-0.3, -0.25) is 0 Å². The minimum atomic E-state index is 0.602. The number of nitrogens with one attached hydrogen (secondary N) is 2. The van der Waals surface area contributed by atoms with Crippen molar-refractivity contribution in [3.8, 4) is 5.75 Å². The highest BCUT2D eigenvalue weighted by atomic mass is 16.5. The minimum absolute atomic E-state index is 0.602. The lowest BCUT2D eigenvalue weighted by atomic mass is 9.98. The molecule has 0 spiro atoms. The molecule has 1 unspecified atom stereocenters. The number of nitrogens with zero attached hydrogens (tertiary/aromatic N) is 3. The van der Waals surface area contributed by atoms with Crippen LogP contribution in [0, 0.1) is 12.8 Å². The fourth-order valence-electron chi connectivity index (χ4n) is 3.73. The molecule has 146 valence electrons. The van der Waals surface area contributed by atoms with Crippen molar-refractivity contribution in [1.82, 2.24) is 14.9 Å². The van der Waals surface area contributed by atoms with E-state index in [2.05, 4.69) is 38.5 Å². The molecule has 0 aliphatic carbocycles. The molecule has 1 saturated heterocycles. The van der Waals surface area contributed by atoms with Crippen LogP contribution >= 0.6 is 0 Å². The van der Waals surface area contributed by atoms with E-state index < -0.39 is 0 Å². The van der Waals surface area contributed by atoms with E-state index in [0.717, 1.165) is 41.8 Å². The molecule has 1 aromatic heterocycles. The molecule has 1 aliphatic heterocycles. The van der Waals surface area contributed by atoms with E-state index in [1.54, 1.807) is 7.11 Å². The summed E-state index contributed by atoms with van der Waals surface area (Å²) in [5.41, 5.74) is 3.14. The van der Waals surface area contributed by atoms with Crippen LogP contribution in [0.4, 0.5) is 17.5 Å². The second-order valence-electron chi connectivity index (χ2n) is 7.21. The summed E-state index contributed by atoms with van der Waals surface area (Å²) in [6, 6.07) is 8.13. The van der Waals surface area contributed by atoms with Crippen molar-refractivity contribution in [2.24, 2.45) is 5.92 Å². The van der Waals surface area contributed by atoms with Crippen molar-refractivity contribution in [2.45, 2.75) is 33.1 Å². The van der Waals surface area contributed by atoms with E-state index in [-0.39, 0.29) is 0 Å². The Morgan fingerprint density at radius 2 is 2.11 bits per heavy atom. The van der Waals surface area contributed by atoms with Crippen molar-refractivity contribution in [3.63, 3.8) is 0 Å². The molecule has 3 rings (SSSR count). The minimum Gasteiger partial charge on any atom is -0.496 e. The lowest BCUT2D eigenvalue weighted by molar-refractivity contribution is 0.337. The highest BCUT2D eigenvalue weighted by Gasteiger charge is 2.21. The normalized spacial score (nSPS) is 17.1. The first-order valence-corrected chi connectivity index (χ1v) is 9.81. The van der Waals surface area contributed by atoms with Crippen molar-refractivity contribution >= 4 is 17.5 Å². The van der Waals surface area contributed by atoms with E-state index >= 15 is 0 Å². The summed E-state index contributed by atoms with van der Waals surface area (Å²) in [5.74, 6) is 3.14. The standard InChI is InChI=1S/C21H31N5O/c1-5-26-11-10-16(14-26)6-7-17-13-18(8-9-19(17)27-4)24-21-23-15(2)12-20(22-3)25-21/h8-9,12-13,16H,5-7,10-11,14H2,1-4H3,(H2,22,23,24,25). The van der Waals surface area contributed by atoms with Gasteiger partial charge in [-0.15, -0.1) is 0 Å². The Bertz CT molecular complexity index is 764. The summed E-state index contributed by atoms with van der Waals surface area (Å²) >= 11 is 0. The van der Waals surface area contributed by atoms with Gasteiger partial charge in [0.15, 0.2) is 0 Å². The molecule has 0 radical (unpaired) electrons. The zero-order chi connectivity index (χ0) is 19.2. The van der Waals surface area contributed by atoms with Gasteiger partial charge in [-0.25, -0.2) is 4.98 Å². The van der Waals surface area contributed by atoms with Gasteiger partial charge in [0, 0.05) is 31.0 Å². The average Bonchev–Trinajstić information content (AvgIpc) is 3.14. The smallest absolute Gasteiger partial charge is 0.229 e. The molecular weight excluding hydrogens is 338 g/mol. The number of benzene rings is 1. The van der Waals surface area contributed by atoms with E-state index in [1.807, 2.05) is 32.2 Å². The highest BCUT2D eigenvalue weighted by molar-refractivity contribution is 5.58. The number of aryl methyl sites for hydroxylation is 2. The summed E-state index contributed by atoms with van der Waals surface area (Å²) in [6.45, 7) is 7.82. The van der Waals surface area contributed by atoms with E-state index in [1.165, 1.54) is 31.5 Å². The number of likely N-dealkylation sites (tertiary alicyclic amines) is 1.